The number of aliphatic hydroxyl groups is 1. The van der Waals surface area contributed by atoms with Gasteiger partial charge in [-0.15, -0.1) is 0 Å². The maximum absolute atomic E-state index is 11.8. The first-order valence-electron chi connectivity index (χ1n) is 6.37. The van der Waals surface area contributed by atoms with Crippen molar-refractivity contribution in [3.05, 3.63) is 23.0 Å². The van der Waals surface area contributed by atoms with Gasteiger partial charge in [-0.3, -0.25) is 0 Å². The molecule has 6 heteroatoms. The van der Waals surface area contributed by atoms with Crippen LogP contribution in [0.4, 0.5) is 5.69 Å². The summed E-state index contributed by atoms with van der Waals surface area (Å²) in [5.41, 5.74) is 0.977. The molecule has 0 aromatic carbocycles. The van der Waals surface area contributed by atoms with Crippen LogP contribution in [-0.2, 0) is 4.74 Å². The Morgan fingerprint density at radius 3 is 3.05 bits per heavy atom. The van der Waals surface area contributed by atoms with Gasteiger partial charge in [0.1, 0.15) is 10.7 Å². The van der Waals surface area contributed by atoms with Gasteiger partial charge in [0.05, 0.1) is 18.4 Å². The molecule has 1 aliphatic carbocycles. The fourth-order valence-corrected chi connectivity index (χ4v) is 2.39. The second-order valence-corrected chi connectivity index (χ2v) is 4.97. The molecule has 1 aliphatic rings. The van der Waals surface area contributed by atoms with Crippen LogP contribution in [0, 0.1) is 0 Å². The quantitative estimate of drug-likeness (QED) is 0.655. The van der Waals surface area contributed by atoms with Crippen LogP contribution in [-0.4, -0.2) is 34.8 Å². The Morgan fingerprint density at radius 2 is 2.42 bits per heavy atom. The predicted octanol–water partition coefficient (Wildman–Crippen LogP) is 2.24. The number of nitrogens with one attached hydrogen (secondary N) is 1. The second kappa shape index (κ2) is 6.21. The summed E-state index contributed by atoms with van der Waals surface area (Å²) in [4.78, 5) is 15.7. The number of rotatable bonds is 4. The van der Waals surface area contributed by atoms with E-state index in [2.05, 4.69) is 10.3 Å². The predicted molar refractivity (Wildman–Crippen MR) is 72.5 cm³/mol. The van der Waals surface area contributed by atoms with Gasteiger partial charge in [-0.25, -0.2) is 9.78 Å². The van der Waals surface area contributed by atoms with E-state index in [4.69, 9.17) is 16.3 Å². The summed E-state index contributed by atoms with van der Waals surface area (Å²) < 4.78 is 4.98. The summed E-state index contributed by atoms with van der Waals surface area (Å²) in [6, 6.07) is 1.75. The summed E-state index contributed by atoms with van der Waals surface area (Å²) in [6.45, 7) is 2.06. The molecule has 0 spiro atoms. The van der Waals surface area contributed by atoms with Crippen molar-refractivity contribution in [2.24, 2.45) is 0 Å². The fourth-order valence-electron chi connectivity index (χ4n) is 2.23. The summed E-state index contributed by atoms with van der Waals surface area (Å²) in [5, 5.41) is 13.1. The number of carbonyl (C=O) groups is 1. The molecule has 104 valence electrons. The van der Waals surface area contributed by atoms with Gasteiger partial charge in [0, 0.05) is 12.2 Å². The van der Waals surface area contributed by atoms with Crippen molar-refractivity contribution in [3.63, 3.8) is 0 Å². The molecule has 0 saturated heterocycles. The first-order chi connectivity index (χ1) is 9.10. The molecule has 0 amide bonds. The first kappa shape index (κ1) is 14.1. The molecule has 1 fully saturated rings. The number of hydrogen-bond acceptors (Lipinski definition) is 5. The number of aliphatic hydroxyl groups excluding tert-OH is 1. The van der Waals surface area contributed by atoms with Gasteiger partial charge in [0.15, 0.2) is 0 Å². The van der Waals surface area contributed by atoms with Crippen molar-refractivity contribution in [2.45, 2.75) is 38.3 Å². The largest absolute Gasteiger partial charge is 0.462 e. The van der Waals surface area contributed by atoms with Gasteiger partial charge in [0.25, 0.3) is 0 Å². The highest BCUT2D eigenvalue weighted by Gasteiger charge is 2.24. The Morgan fingerprint density at radius 1 is 1.63 bits per heavy atom. The SMILES string of the molecule is CCOC(=O)c1cnc(Cl)cc1NC1CC[C@H](O)C1. The zero-order chi connectivity index (χ0) is 13.8. The molecule has 1 unspecified atom stereocenters. The Balaban J connectivity index is 2.17. The van der Waals surface area contributed by atoms with E-state index >= 15 is 0 Å². The monoisotopic (exact) mass is 284 g/mol. The third-order valence-corrected chi connectivity index (χ3v) is 3.34. The van der Waals surface area contributed by atoms with Crippen LogP contribution >= 0.6 is 11.6 Å². The smallest absolute Gasteiger partial charge is 0.341 e. The van der Waals surface area contributed by atoms with Crippen LogP contribution in [0.1, 0.15) is 36.5 Å². The zero-order valence-electron chi connectivity index (χ0n) is 10.7. The van der Waals surface area contributed by atoms with E-state index in [9.17, 15) is 9.90 Å². The minimum absolute atomic E-state index is 0.140. The first-order valence-corrected chi connectivity index (χ1v) is 6.75. The van der Waals surface area contributed by atoms with Crippen LogP contribution in [0.2, 0.25) is 5.15 Å². The summed E-state index contributed by atoms with van der Waals surface area (Å²) in [6.07, 6.45) is 3.44. The average Bonchev–Trinajstić information content (AvgIpc) is 2.75. The molecule has 1 aromatic rings. The van der Waals surface area contributed by atoms with Crippen molar-refractivity contribution in [2.75, 3.05) is 11.9 Å². The van der Waals surface area contributed by atoms with E-state index in [1.165, 1.54) is 6.20 Å². The van der Waals surface area contributed by atoms with E-state index in [1.807, 2.05) is 0 Å². The minimum Gasteiger partial charge on any atom is -0.462 e. The maximum atomic E-state index is 11.8. The topological polar surface area (TPSA) is 71.5 Å². The summed E-state index contributed by atoms with van der Waals surface area (Å²) >= 11 is 5.86. The van der Waals surface area contributed by atoms with E-state index < -0.39 is 5.97 Å². The van der Waals surface area contributed by atoms with E-state index in [1.54, 1.807) is 13.0 Å². The van der Waals surface area contributed by atoms with Gasteiger partial charge < -0.3 is 15.2 Å². The molecular weight excluding hydrogens is 268 g/mol. The molecule has 1 saturated carbocycles. The number of nitrogens with zero attached hydrogens (tertiary/aromatic N) is 1. The highest BCUT2D eigenvalue weighted by atomic mass is 35.5. The number of hydrogen-bond donors (Lipinski definition) is 2. The standard InChI is InChI=1S/C13H17ClN2O3/c1-2-19-13(18)10-7-15-12(14)6-11(10)16-8-3-4-9(17)5-8/h6-9,17H,2-5H2,1H3,(H,15,16)/t8?,9-/m0/s1. The lowest BCUT2D eigenvalue weighted by Gasteiger charge is -2.16. The Bertz CT molecular complexity index is 467. The Labute approximate surface area is 116 Å². The Hall–Kier alpha value is -1.33. The third kappa shape index (κ3) is 3.58. The van der Waals surface area contributed by atoms with E-state index in [0.717, 1.165) is 12.8 Å². The van der Waals surface area contributed by atoms with Crippen molar-refractivity contribution in [1.82, 2.24) is 4.98 Å². The molecule has 0 bridgehead atoms. The number of pyridine rings is 1. The number of carbonyl (C=O) groups excluding carboxylic acids is 1. The molecule has 5 nitrogen and oxygen atoms in total. The van der Waals surface area contributed by atoms with Crippen LogP contribution in [0.5, 0.6) is 0 Å². The highest BCUT2D eigenvalue weighted by molar-refractivity contribution is 6.29. The average molecular weight is 285 g/mol. The van der Waals surface area contributed by atoms with Gasteiger partial charge in [-0.05, 0) is 32.3 Å². The maximum Gasteiger partial charge on any atom is 0.341 e. The van der Waals surface area contributed by atoms with E-state index in [0.29, 0.717) is 29.4 Å². The molecule has 1 heterocycles. The number of ether oxygens (including phenoxy) is 1. The molecule has 2 N–H and O–H groups in total. The van der Waals surface area contributed by atoms with Crippen molar-refractivity contribution < 1.29 is 14.6 Å². The highest BCUT2D eigenvalue weighted by Crippen LogP contribution is 2.26. The van der Waals surface area contributed by atoms with Gasteiger partial charge in [0.2, 0.25) is 0 Å². The molecule has 1 aromatic heterocycles. The summed E-state index contributed by atoms with van der Waals surface area (Å²) in [5.74, 6) is -0.423. The lowest BCUT2D eigenvalue weighted by Crippen LogP contribution is -2.19. The molecule has 2 rings (SSSR count). The molecule has 19 heavy (non-hydrogen) atoms. The minimum atomic E-state index is -0.423. The molecular formula is C13H17ClN2O3. The normalized spacial score (nSPS) is 22.3. The van der Waals surface area contributed by atoms with Crippen molar-refractivity contribution in [3.8, 4) is 0 Å². The molecule has 0 radical (unpaired) electrons. The number of halogens is 1. The van der Waals surface area contributed by atoms with E-state index in [-0.39, 0.29) is 12.1 Å². The lowest BCUT2D eigenvalue weighted by atomic mass is 10.2. The second-order valence-electron chi connectivity index (χ2n) is 4.58. The Kier molecular flexibility index (Phi) is 4.61. The summed E-state index contributed by atoms with van der Waals surface area (Å²) in [7, 11) is 0. The van der Waals surface area contributed by atoms with Crippen molar-refractivity contribution >= 4 is 23.3 Å². The third-order valence-electron chi connectivity index (χ3n) is 3.13. The lowest BCUT2D eigenvalue weighted by molar-refractivity contribution is 0.0527. The van der Waals surface area contributed by atoms with Gasteiger partial charge >= 0.3 is 5.97 Å². The number of esters is 1. The zero-order valence-corrected chi connectivity index (χ0v) is 11.5. The van der Waals surface area contributed by atoms with Gasteiger partial charge in [-0.1, -0.05) is 11.6 Å². The van der Waals surface area contributed by atoms with Crippen LogP contribution in [0.3, 0.4) is 0 Å². The number of anilines is 1. The number of aromatic nitrogens is 1. The molecule has 2 atom stereocenters. The van der Waals surface area contributed by atoms with Crippen LogP contribution in [0.25, 0.3) is 0 Å². The van der Waals surface area contributed by atoms with Crippen LogP contribution < -0.4 is 5.32 Å². The fraction of sp³-hybridized carbons (Fsp3) is 0.538. The van der Waals surface area contributed by atoms with Gasteiger partial charge in [-0.2, -0.15) is 0 Å². The van der Waals surface area contributed by atoms with Crippen molar-refractivity contribution in [1.29, 1.82) is 0 Å². The van der Waals surface area contributed by atoms with Crippen LogP contribution in [0.15, 0.2) is 12.3 Å². The molecule has 0 aliphatic heterocycles.